The molecule has 0 bridgehead atoms. The van der Waals surface area contributed by atoms with E-state index in [9.17, 15) is 13.2 Å². The topological polar surface area (TPSA) is 84.7 Å². The lowest BCUT2D eigenvalue weighted by Crippen LogP contribution is -2.51. The van der Waals surface area contributed by atoms with Crippen molar-refractivity contribution in [1.82, 2.24) is 18.8 Å². The average Bonchev–Trinajstić information content (AvgIpc) is 3.04. The van der Waals surface area contributed by atoms with Gasteiger partial charge in [-0.1, -0.05) is 42.1 Å². The number of hydrogen-bond acceptors (Lipinski definition) is 6. The monoisotopic (exact) mass is 466 g/mol. The molecule has 1 saturated heterocycles. The van der Waals surface area contributed by atoms with Gasteiger partial charge in [0.1, 0.15) is 0 Å². The van der Waals surface area contributed by atoms with Crippen LogP contribution in [0.2, 0.25) is 0 Å². The lowest BCUT2D eigenvalue weighted by atomic mass is 10.2. The first-order valence-corrected chi connectivity index (χ1v) is 12.9. The van der Waals surface area contributed by atoms with E-state index < -0.39 is 10.0 Å². The summed E-state index contributed by atoms with van der Waals surface area (Å²) in [5.41, 5.74) is 2.79. The molecule has 8 nitrogen and oxygen atoms in total. The molecule has 1 aromatic heterocycles. The lowest BCUT2D eigenvalue weighted by Gasteiger charge is -2.34. The van der Waals surface area contributed by atoms with E-state index in [-0.39, 0.29) is 17.4 Å². The Morgan fingerprint density at radius 1 is 1.13 bits per heavy atom. The van der Waals surface area contributed by atoms with E-state index in [1.807, 2.05) is 44.2 Å². The minimum Gasteiger partial charge on any atom is -0.383 e. The van der Waals surface area contributed by atoms with Crippen LogP contribution in [0.5, 0.6) is 0 Å². The highest BCUT2D eigenvalue weighted by Crippen LogP contribution is 2.22. The highest BCUT2D eigenvalue weighted by atomic mass is 32.2. The van der Waals surface area contributed by atoms with Gasteiger partial charge in [-0.3, -0.25) is 4.79 Å². The van der Waals surface area contributed by atoms with E-state index in [1.54, 1.807) is 12.0 Å². The average molecular weight is 467 g/mol. The number of imidazole rings is 1. The molecule has 10 heteroatoms. The Morgan fingerprint density at radius 3 is 2.45 bits per heavy atom. The standard InChI is InChI=1S/C21H30N4O4S2/c1-17-18(2)25(13-14-29-3)21(22-17)30-15-20(26)23-9-11-24(12-10-23)31(27,28)16-19-7-5-4-6-8-19/h4-8H,9-16H2,1-3H3. The Labute approximate surface area is 188 Å². The Morgan fingerprint density at radius 2 is 1.81 bits per heavy atom. The number of ether oxygens (including phenoxy) is 1. The third-order valence-corrected chi connectivity index (χ3v) is 8.25. The van der Waals surface area contributed by atoms with Crippen molar-refractivity contribution in [1.29, 1.82) is 0 Å². The smallest absolute Gasteiger partial charge is 0.233 e. The number of sulfonamides is 1. The molecule has 1 aromatic carbocycles. The van der Waals surface area contributed by atoms with Crippen molar-refractivity contribution in [2.45, 2.75) is 31.3 Å². The molecule has 1 aliphatic rings. The van der Waals surface area contributed by atoms with Gasteiger partial charge in [0, 0.05) is 45.5 Å². The largest absolute Gasteiger partial charge is 0.383 e. The van der Waals surface area contributed by atoms with Crippen LogP contribution < -0.4 is 0 Å². The molecule has 0 spiro atoms. The number of methoxy groups -OCH3 is 1. The molecule has 0 saturated carbocycles. The van der Waals surface area contributed by atoms with Gasteiger partial charge in [-0.05, 0) is 19.4 Å². The fourth-order valence-electron chi connectivity index (χ4n) is 3.49. The van der Waals surface area contributed by atoms with E-state index in [0.29, 0.717) is 39.3 Å². The van der Waals surface area contributed by atoms with Crippen LogP contribution in [-0.4, -0.2) is 78.7 Å². The van der Waals surface area contributed by atoms with Crippen LogP contribution >= 0.6 is 11.8 Å². The van der Waals surface area contributed by atoms with Gasteiger partial charge in [0.2, 0.25) is 15.9 Å². The van der Waals surface area contributed by atoms with Gasteiger partial charge < -0.3 is 14.2 Å². The third-order valence-electron chi connectivity index (χ3n) is 5.44. The number of nitrogens with zero attached hydrogens (tertiary/aromatic N) is 4. The van der Waals surface area contributed by atoms with Gasteiger partial charge in [0.05, 0.1) is 23.8 Å². The SMILES string of the molecule is COCCn1c(SCC(=O)N2CCN(S(=O)(=O)Cc3ccccc3)CC2)nc(C)c1C. The minimum atomic E-state index is -3.39. The number of aromatic nitrogens is 2. The van der Waals surface area contributed by atoms with Gasteiger partial charge in [-0.25, -0.2) is 13.4 Å². The summed E-state index contributed by atoms with van der Waals surface area (Å²) < 4.78 is 34.1. The van der Waals surface area contributed by atoms with Crippen molar-refractivity contribution >= 4 is 27.7 Å². The maximum absolute atomic E-state index is 12.7. The summed E-state index contributed by atoms with van der Waals surface area (Å²) in [4.78, 5) is 19.0. The van der Waals surface area contributed by atoms with Gasteiger partial charge in [-0.2, -0.15) is 4.31 Å². The first-order chi connectivity index (χ1) is 14.8. The van der Waals surface area contributed by atoms with Crippen molar-refractivity contribution in [2.75, 3.05) is 45.6 Å². The number of aryl methyl sites for hydroxylation is 1. The molecule has 31 heavy (non-hydrogen) atoms. The summed E-state index contributed by atoms with van der Waals surface area (Å²) >= 11 is 1.42. The normalized spacial score (nSPS) is 15.4. The lowest BCUT2D eigenvalue weighted by molar-refractivity contribution is -0.129. The van der Waals surface area contributed by atoms with Crippen molar-refractivity contribution in [3.05, 3.63) is 47.3 Å². The van der Waals surface area contributed by atoms with E-state index in [1.165, 1.54) is 16.1 Å². The summed E-state index contributed by atoms with van der Waals surface area (Å²) in [6.45, 7) is 6.71. The summed E-state index contributed by atoms with van der Waals surface area (Å²) in [7, 11) is -1.73. The fraction of sp³-hybridized carbons (Fsp3) is 0.524. The first kappa shape index (κ1) is 23.8. The fourth-order valence-corrected chi connectivity index (χ4v) is 6.03. The van der Waals surface area contributed by atoms with Crippen LogP contribution in [-0.2, 0) is 31.9 Å². The number of thioether (sulfide) groups is 1. The summed E-state index contributed by atoms with van der Waals surface area (Å²) in [6.07, 6.45) is 0. The summed E-state index contributed by atoms with van der Waals surface area (Å²) in [5.74, 6) is 0.266. The van der Waals surface area contributed by atoms with Crippen LogP contribution in [0.1, 0.15) is 17.0 Å². The van der Waals surface area contributed by atoms with E-state index in [0.717, 1.165) is 22.1 Å². The summed E-state index contributed by atoms with van der Waals surface area (Å²) in [5, 5.41) is 0.810. The first-order valence-electron chi connectivity index (χ1n) is 10.3. The number of benzene rings is 1. The predicted octanol–water partition coefficient (Wildman–Crippen LogP) is 1.91. The number of hydrogen-bond donors (Lipinski definition) is 0. The van der Waals surface area contributed by atoms with Gasteiger partial charge in [0.15, 0.2) is 5.16 Å². The number of carbonyl (C=O) groups excluding carboxylic acids is 1. The molecule has 1 fully saturated rings. The van der Waals surface area contributed by atoms with Crippen molar-refractivity contribution in [2.24, 2.45) is 0 Å². The van der Waals surface area contributed by atoms with Crippen LogP contribution in [0.15, 0.2) is 35.5 Å². The van der Waals surface area contributed by atoms with Crippen molar-refractivity contribution < 1.29 is 17.9 Å². The molecule has 0 aliphatic carbocycles. The van der Waals surface area contributed by atoms with Crippen LogP contribution in [0.4, 0.5) is 0 Å². The zero-order valence-corrected chi connectivity index (χ0v) is 19.9. The molecule has 3 rings (SSSR count). The maximum Gasteiger partial charge on any atom is 0.233 e. The van der Waals surface area contributed by atoms with E-state index in [4.69, 9.17) is 4.74 Å². The molecule has 2 heterocycles. The second-order valence-corrected chi connectivity index (χ2v) is 10.4. The summed E-state index contributed by atoms with van der Waals surface area (Å²) in [6, 6.07) is 9.17. The van der Waals surface area contributed by atoms with Crippen LogP contribution in [0.3, 0.4) is 0 Å². The second kappa shape index (κ2) is 10.6. The van der Waals surface area contributed by atoms with E-state index >= 15 is 0 Å². The van der Waals surface area contributed by atoms with Crippen LogP contribution in [0, 0.1) is 13.8 Å². The van der Waals surface area contributed by atoms with Gasteiger partial charge >= 0.3 is 0 Å². The molecule has 0 unspecified atom stereocenters. The number of carbonyl (C=O) groups is 1. The third kappa shape index (κ3) is 6.09. The number of amides is 1. The van der Waals surface area contributed by atoms with Crippen LogP contribution in [0.25, 0.3) is 0 Å². The molecule has 170 valence electrons. The Balaban J connectivity index is 1.52. The molecule has 1 aliphatic heterocycles. The molecule has 1 amide bonds. The molecular formula is C21H30N4O4S2. The highest BCUT2D eigenvalue weighted by Gasteiger charge is 2.29. The zero-order chi connectivity index (χ0) is 22.4. The van der Waals surface area contributed by atoms with E-state index in [2.05, 4.69) is 9.55 Å². The predicted molar refractivity (Wildman–Crippen MR) is 122 cm³/mol. The number of rotatable bonds is 9. The van der Waals surface area contributed by atoms with Crippen molar-refractivity contribution in [3.8, 4) is 0 Å². The molecule has 0 atom stereocenters. The maximum atomic E-state index is 12.7. The van der Waals surface area contributed by atoms with Gasteiger partial charge in [0.25, 0.3) is 0 Å². The minimum absolute atomic E-state index is 0.00158. The molecule has 2 aromatic rings. The molecular weight excluding hydrogens is 436 g/mol. The Bertz CT molecular complexity index is 984. The highest BCUT2D eigenvalue weighted by molar-refractivity contribution is 7.99. The second-order valence-electron chi connectivity index (χ2n) is 7.52. The molecule has 0 radical (unpaired) electrons. The number of piperazine rings is 1. The zero-order valence-electron chi connectivity index (χ0n) is 18.3. The Hall–Kier alpha value is -1.88. The Kier molecular flexibility index (Phi) is 8.15. The van der Waals surface area contributed by atoms with Crippen molar-refractivity contribution in [3.63, 3.8) is 0 Å². The van der Waals surface area contributed by atoms with Gasteiger partial charge in [-0.15, -0.1) is 0 Å². The quantitative estimate of drug-likeness (QED) is 0.525. The molecule has 0 N–H and O–H groups in total.